The number of para-hydroxylation sites is 3. The van der Waals surface area contributed by atoms with Crippen molar-refractivity contribution in [3.8, 4) is 0 Å². The summed E-state index contributed by atoms with van der Waals surface area (Å²) >= 11 is 0. The Labute approximate surface area is 193 Å². The van der Waals surface area contributed by atoms with E-state index in [0.29, 0.717) is 18.5 Å². The maximum Gasteiger partial charge on any atom is 0.274 e. The predicted molar refractivity (Wildman–Crippen MR) is 133 cm³/mol. The topological polar surface area (TPSA) is 56.4 Å². The Morgan fingerprint density at radius 1 is 0.970 bits per heavy atom. The lowest BCUT2D eigenvalue weighted by atomic mass is 9.89. The Balaban J connectivity index is 1.58. The van der Waals surface area contributed by atoms with Crippen molar-refractivity contribution in [2.75, 3.05) is 9.80 Å². The minimum absolute atomic E-state index is 0.0577. The Morgan fingerprint density at radius 2 is 1.67 bits per heavy atom. The molecule has 0 radical (unpaired) electrons. The van der Waals surface area contributed by atoms with Gasteiger partial charge in [-0.1, -0.05) is 61.5 Å². The van der Waals surface area contributed by atoms with Crippen LogP contribution in [0.5, 0.6) is 0 Å². The normalized spacial score (nSPS) is 17.6. The lowest BCUT2D eigenvalue weighted by molar-refractivity contribution is -0.118. The maximum absolute atomic E-state index is 13.7. The number of carbonyl (C=O) groups is 2. The van der Waals surface area contributed by atoms with Crippen molar-refractivity contribution in [1.82, 2.24) is 4.98 Å². The molecular weight excluding hydrogens is 410 g/mol. The van der Waals surface area contributed by atoms with Gasteiger partial charge in [0.25, 0.3) is 5.91 Å². The van der Waals surface area contributed by atoms with Crippen molar-refractivity contribution in [2.45, 2.75) is 38.8 Å². The first-order chi connectivity index (χ1) is 16.1. The SMILES string of the molecule is CCC(=O)N(c1ccccc1)C1CC(C)N(C(=O)c2cc3ccccc3[nH]2)c2ccccc21. The van der Waals surface area contributed by atoms with Crippen LogP contribution in [-0.4, -0.2) is 22.8 Å². The molecule has 166 valence electrons. The molecule has 2 atom stereocenters. The molecule has 5 rings (SSSR count). The summed E-state index contributed by atoms with van der Waals surface area (Å²) in [5, 5.41) is 1.01. The first-order valence-corrected chi connectivity index (χ1v) is 11.5. The summed E-state index contributed by atoms with van der Waals surface area (Å²) < 4.78 is 0. The Hall–Kier alpha value is -3.86. The zero-order valence-corrected chi connectivity index (χ0v) is 18.9. The number of hydrogen-bond donors (Lipinski definition) is 1. The van der Waals surface area contributed by atoms with Gasteiger partial charge < -0.3 is 14.8 Å². The number of rotatable bonds is 4. The number of benzene rings is 3. The Kier molecular flexibility index (Phi) is 5.47. The Morgan fingerprint density at radius 3 is 2.42 bits per heavy atom. The smallest absolute Gasteiger partial charge is 0.274 e. The summed E-state index contributed by atoms with van der Waals surface area (Å²) in [6.07, 6.45) is 1.07. The molecule has 1 aromatic heterocycles. The van der Waals surface area contributed by atoms with Crippen molar-refractivity contribution < 1.29 is 9.59 Å². The van der Waals surface area contributed by atoms with Crippen molar-refractivity contribution in [1.29, 1.82) is 0 Å². The molecule has 1 aliphatic heterocycles. The minimum Gasteiger partial charge on any atom is -0.351 e. The number of aromatic nitrogens is 1. The van der Waals surface area contributed by atoms with E-state index in [4.69, 9.17) is 0 Å². The van der Waals surface area contributed by atoms with E-state index in [-0.39, 0.29) is 23.9 Å². The first kappa shape index (κ1) is 21.0. The fourth-order valence-electron chi connectivity index (χ4n) is 4.91. The molecule has 2 amide bonds. The first-order valence-electron chi connectivity index (χ1n) is 11.5. The molecule has 0 spiro atoms. The summed E-state index contributed by atoms with van der Waals surface area (Å²) in [6.45, 7) is 3.95. The van der Waals surface area contributed by atoms with Crippen molar-refractivity contribution >= 4 is 34.1 Å². The molecule has 0 saturated heterocycles. The van der Waals surface area contributed by atoms with Gasteiger partial charge in [-0.25, -0.2) is 0 Å². The number of amides is 2. The molecule has 1 aliphatic rings. The lowest BCUT2D eigenvalue weighted by Gasteiger charge is -2.43. The maximum atomic E-state index is 13.7. The average Bonchev–Trinajstić information content (AvgIpc) is 3.29. The van der Waals surface area contributed by atoms with Crippen LogP contribution in [0.15, 0.2) is 84.9 Å². The fourth-order valence-corrected chi connectivity index (χ4v) is 4.91. The molecule has 5 nitrogen and oxygen atoms in total. The standard InChI is InChI=1S/C28H27N3O2/c1-3-27(32)31(21-12-5-4-6-13-21)26-17-19(2)30(25-16-10-8-14-22(25)26)28(33)24-18-20-11-7-9-15-23(20)29-24/h4-16,18-19,26,29H,3,17H2,1-2H3. The number of H-pyrrole nitrogens is 1. The largest absolute Gasteiger partial charge is 0.351 e. The molecule has 2 unspecified atom stereocenters. The van der Waals surface area contributed by atoms with Crippen LogP contribution in [0.25, 0.3) is 10.9 Å². The van der Waals surface area contributed by atoms with Crippen molar-refractivity contribution in [2.24, 2.45) is 0 Å². The van der Waals surface area contributed by atoms with E-state index < -0.39 is 0 Å². The van der Waals surface area contributed by atoms with Gasteiger partial charge in [0.2, 0.25) is 5.91 Å². The van der Waals surface area contributed by atoms with Crippen LogP contribution in [-0.2, 0) is 4.79 Å². The third-order valence-electron chi connectivity index (χ3n) is 6.46. The number of carbonyl (C=O) groups excluding carboxylic acids is 2. The predicted octanol–water partition coefficient (Wildman–Crippen LogP) is 6.09. The summed E-state index contributed by atoms with van der Waals surface area (Å²) in [5.74, 6) is 0.0151. The molecule has 0 fully saturated rings. The van der Waals surface area contributed by atoms with Gasteiger partial charge in [0, 0.05) is 34.7 Å². The second kappa shape index (κ2) is 8.58. The molecule has 5 heteroatoms. The van der Waals surface area contributed by atoms with Crippen LogP contribution < -0.4 is 9.80 Å². The van der Waals surface area contributed by atoms with Crippen LogP contribution in [0.1, 0.15) is 48.8 Å². The summed E-state index contributed by atoms with van der Waals surface area (Å²) in [6, 6.07) is 27.4. The van der Waals surface area contributed by atoms with E-state index in [1.807, 2.05) is 102 Å². The van der Waals surface area contributed by atoms with Gasteiger partial charge in [0.05, 0.1) is 6.04 Å². The quantitative estimate of drug-likeness (QED) is 0.420. The molecular formula is C28H27N3O2. The van der Waals surface area contributed by atoms with Gasteiger partial charge in [-0.2, -0.15) is 0 Å². The fraction of sp³-hybridized carbons (Fsp3) is 0.214. The van der Waals surface area contributed by atoms with E-state index in [9.17, 15) is 9.59 Å². The van der Waals surface area contributed by atoms with Crippen LogP contribution in [0.4, 0.5) is 11.4 Å². The van der Waals surface area contributed by atoms with Gasteiger partial charge >= 0.3 is 0 Å². The van der Waals surface area contributed by atoms with Gasteiger partial charge in [-0.05, 0) is 49.2 Å². The zero-order valence-electron chi connectivity index (χ0n) is 18.9. The highest BCUT2D eigenvalue weighted by atomic mass is 16.2. The van der Waals surface area contributed by atoms with Crippen LogP contribution in [0, 0.1) is 0 Å². The monoisotopic (exact) mass is 437 g/mol. The van der Waals surface area contributed by atoms with Crippen molar-refractivity contribution in [3.63, 3.8) is 0 Å². The van der Waals surface area contributed by atoms with Gasteiger partial charge in [0.15, 0.2) is 0 Å². The third kappa shape index (κ3) is 3.69. The minimum atomic E-state index is -0.141. The summed E-state index contributed by atoms with van der Waals surface area (Å²) in [4.78, 5) is 33.8. The van der Waals surface area contributed by atoms with E-state index >= 15 is 0 Å². The molecule has 3 aromatic carbocycles. The highest BCUT2D eigenvalue weighted by Crippen LogP contribution is 2.43. The van der Waals surface area contributed by atoms with E-state index in [1.54, 1.807) is 0 Å². The molecule has 33 heavy (non-hydrogen) atoms. The number of nitrogens with one attached hydrogen (secondary N) is 1. The number of nitrogens with zero attached hydrogens (tertiary/aromatic N) is 2. The van der Waals surface area contributed by atoms with Crippen LogP contribution in [0.2, 0.25) is 0 Å². The van der Waals surface area contributed by atoms with E-state index in [2.05, 4.69) is 11.9 Å². The molecule has 0 bridgehead atoms. The molecule has 2 heterocycles. The van der Waals surface area contributed by atoms with Gasteiger partial charge in [-0.3, -0.25) is 9.59 Å². The summed E-state index contributed by atoms with van der Waals surface area (Å²) in [7, 11) is 0. The van der Waals surface area contributed by atoms with Gasteiger partial charge in [0.1, 0.15) is 5.69 Å². The van der Waals surface area contributed by atoms with E-state index in [1.165, 1.54) is 0 Å². The Bertz CT molecular complexity index is 1280. The second-order valence-corrected chi connectivity index (χ2v) is 8.56. The highest BCUT2D eigenvalue weighted by Gasteiger charge is 2.38. The molecule has 0 saturated carbocycles. The van der Waals surface area contributed by atoms with Crippen LogP contribution in [0.3, 0.4) is 0 Å². The second-order valence-electron chi connectivity index (χ2n) is 8.56. The number of hydrogen-bond acceptors (Lipinski definition) is 2. The number of fused-ring (bicyclic) bond motifs is 2. The average molecular weight is 438 g/mol. The lowest BCUT2D eigenvalue weighted by Crippen LogP contribution is -2.47. The number of aromatic amines is 1. The molecule has 0 aliphatic carbocycles. The van der Waals surface area contributed by atoms with Crippen LogP contribution >= 0.6 is 0 Å². The third-order valence-corrected chi connectivity index (χ3v) is 6.46. The molecule has 1 N–H and O–H groups in total. The summed E-state index contributed by atoms with van der Waals surface area (Å²) in [5.41, 5.74) is 4.24. The van der Waals surface area contributed by atoms with Gasteiger partial charge in [-0.15, -0.1) is 0 Å². The zero-order chi connectivity index (χ0) is 22.9. The highest BCUT2D eigenvalue weighted by molar-refractivity contribution is 6.09. The van der Waals surface area contributed by atoms with E-state index in [0.717, 1.165) is 27.8 Å². The van der Waals surface area contributed by atoms with Crippen molar-refractivity contribution in [3.05, 3.63) is 96.2 Å². The molecule has 4 aromatic rings. The number of anilines is 2.